The van der Waals surface area contributed by atoms with Gasteiger partial charge in [0.1, 0.15) is 18.5 Å². The molecule has 4 rings (SSSR count). The normalized spacial score (nSPS) is 15.4. The van der Waals surface area contributed by atoms with Crippen LogP contribution in [-0.2, 0) is 16.0 Å². The smallest absolute Gasteiger partial charge is 0.220 e. The number of fused-ring (bicyclic) bond motifs is 1. The second-order valence-corrected chi connectivity index (χ2v) is 7.94. The molecule has 3 aromatic rings. The number of aryl methyl sites for hydroxylation is 1. The van der Waals surface area contributed by atoms with Crippen LogP contribution >= 0.6 is 0 Å². The van der Waals surface area contributed by atoms with E-state index in [-0.39, 0.29) is 26.6 Å². The minimum Gasteiger partial charge on any atom is -0.481 e. The quantitative estimate of drug-likeness (QED) is 0.400. The van der Waals surface area contributed by atoms with Crippen LogP contribution in [0, 0.1) is 12.7 Å². The van der Waals surface area contributed by atoms with E-state index in [0.717, 1.165) is 5.56 Å². The molecule has 1 aliphatic heterocycles. The number of aliphatic hydroxyl groups is 1. The van der Waals surface area contributed by atoms with E-state index < -0.39 is 18.0 Å². The maximum absolute atomic E-state index is 14.3. The molecule has 2 aromatic heterocycles. The van der Waals surface area contributed by atoms with Gasteiger partial charge in [-0.2, -0.15) is 0 Å². The van der Waals surface area contributed by atoms with Crippen LogP contribution in [0.1, 0.15) is 36.0 Å². The number of nitrogen functional groups attached to an aromatic ring is 1. The number of aliphatic hydroxyl groups excluding tert-OH is 1. The second-order valence-electron chi connectivity index (χ2n) is 7.94. The van der Waals surface area contributed by atoms with Crippen LogP contribution in [0.15, 0.2) is 41.4 Å². The summed E-state index contributed by atoms with van der Waals surface area (Å²) in [5.74, 6) is 0.567. The molecule has 0 saturated carbocycles. The Morgan fingerprint density at radius 2 is 2.00 bits per heavy atom. The molecule has 1 aliphatic rings. The molecule has 1 aromatic carbocycles. The Balaban J connectivity index is 0.00000361. The van der Waals surface area contributed by atoms with Crippen molar-refractivity contribution in [1.29, 1.82) is 0 Å². The number of anilines is 1. The summed E-state index contributed by atoms with van der Waals surface area (Å²) in [5, 5.41) is 9.34. The lowest BCUT2D eigenvalue weighted by Crippen LogP contribution is -2.35. The average molecular weight is 499 g/mol. The summed E-state index contributed by atoms with van der Waals surface area (Å²) in [4.78, 5) is 23.6. The van der Waals surface area contributed by atoms with Gasteiger partial charge < -0.3 is 20.3 Å². The van der Waals surface area contributed by atoms with E-state index in [2.05, 4.69) is 20.4 Å². The summed E-state index contributed by atoms with van der Waals surface area (Å²) in [6.45, 7) is 1.69. The lowest BCUT2D eigenvalue weighted by molar-refractivity contribution is -0.0375. The van der Waals surface area contributed by atoms with Gasteiger partial charge in [0.05, 0.1) is 42.4 Å². The number of rotatable bonds is 8. The number of hydrogen-bond acceptors (Lipinski definition) is 10. The molecule has 0 saturated heterocycles. The van der Waals surface area contributed by atoms with E-state index in [4.69, 9.17) is 25.0 Å². The van der Waals surface area contributed by atoms with Crippen molar-refractivity contribution in [3.63, 3.8) is 0 Å². The highest BCUT2D eigenvalue weighted by Crippen LogP contribution is 2.36. The number of benzene rings is 1. The van der Waals surface area contributed by atoms with Crippen molar-refractivity contribution in [3.05, 3.63) is 64.7 Å². The summed E-state index contributed by atoms with van der Waals surface area (Å²) in [5.41, 5.74) is 12.7. The van der Waals surface area contributed by atoms with E-state index in [1.54, 1.807) is 24.3 Å². The van der Waals surface area contributed by atoms with Crippen LogP contribution in [0.2, 0.25) is 0 Å². The van der Waals surface area contributed by atoms with Gasteiger partial charge in [-0.1, -0.05) is 19.6 Å². The number of aromatic nitrogens is 3. The Morgan fingerprint density at radius 1 is 1.19 bits per heavy atom. The lowest BCUT2D eigenvalue weighted by Gasteiger charge is -2.26. The fourth-order valence-corrected chi connectivity index (χ4v) is 3.94. The van der Waals surface area contributed by atoms with Crippen LogP contribution in [0.5, 0.6) is 5.88 Å². The van der Waals surface area contributed by atoms with Crippen LogP contribution in [0.25, 0.3) is 11.3 Å². The SMILES string of the molecule is C.COc1cccc(-c2cc(F)ccc2[C@H]2Cc3nc(N)nc(C)c3C(NOCC(CO)OC)=N2)n1. The predicted molar refractivity (Wildman–Crippen MR) is 134 cm³/mol. The summed E-state index contributed by atoms with van der Waals surface area (Å²) in [7, 11) is 3.01. The van der Waals surface area contributed by atoms with E-state index >= 15 is 0 Å². The molecular formula is C25H31FN6O4. The van der Waals surface area contributed by atoms with E-state index in [9.17, 15) is 9.50 Å². The summed E-state index contributed by atoms with van der Waals surface area (Å²) in [6.07, 6.45) is -0.0952. The van der Waals surface area contributed by atoms with Crippen LogP contribution < -0.4 is 16.0 Å². The Labute approximate surface area is 209 Å². The van der Waals surface area contributed by atoms with E-state index in [0.29, 0.717) is 46.3 Å². The molecule has 3 heterocycles. The van der Waals surface area contributed by atoms with Crippen molar-refractivity contribution < 1.29 is 23.8 Å². The number of methoxy groups -OCH3 is 2. The zero-order chi connectivity index (χ0) is 24.9. The minimum atomic E-state index is -0.506. The van der Waals surface area contributed by atoms with Gasteiger partial charge in [-0.15, -0.1) is 0 Å². The van der Waals surface area contributed by atoms with Crippen molar-refractivity contribution in [1.82, 2.24) is 20.4 Å². The first-order chi connectivity index (χ1) is 16.9. The van der Waals surface area contributed by atoms with Crippen molar-refractivity contribution in [2.24, 2.45) is 4.99 Å². The molecule has 11 heteroatoms. The Morgan fingerprint density at radius 3 is 2.72 bits per heavy atom. The molecule has 10 nitrogen and oxygen atoms in total. The van der Waals surface area contributed by atoms with Gasteiger partial charge in [0.15, 0.2) is 5.84 Å². The summed E-state index contributed by atoms with van der Waals surface area (Å²) in [6, 6.07) is 9.36. The highest BCUT2D eigenvalue weighted by atomic mass is 19.1. The first kappa shape index (κ1) is 26.9. The highest BCUT2D eigenvalue weighted by molar-refractivity contribution is 6.01. The monoisotopic (exact) mass is 498 g/mol. The molecule has 0 spiro atoms. The third kappa shape index (κ3) is 5.76. The fraction of sp³-hybridized carbons (Fsp3) is 0.360. The first-order valence-electron chi connectivity index (χ1n) is 11.0. The maximum Gasteiger partial charge on any atom is 0.220 e. The number of ether oxygens (including phenoxy) is 2. The molecular weight excluding hydrogens is 467 g/mol. The molecule has 36 heavy (non-hydrogen) atoms. The van der Waals surface area contributed by atoms with Crippen molar-refractivity contribution >= 4 is 11.8 Å². The Kier molecular flexibility index (Phi) is 8.86. The fourth-order valence-electron chi connectivity index (χ4n) is 3.94. The Bertz CT molecular complexity index is 1240. The van der Waals surface area contributed by atoms with Gasteiger partial charge >= 0.3 is 0 Å². The van der Waals surface area contributed by atoms with Crippen molar-refractivity contribution in [3.8, 4) is 17.1 Å². The molecule has 192 valence electrons. The third-order valence-electron chi connectivity index (χ3n) is 5.65. The van der Waals surface area contributed by atoms with Gasteiger partial charge in [0.25, 0.3) is 0 Å². The zero-order valence-corrected chi connectivity index (χ0v) is 19.7. The van der Waals surface area contributed by atoms with E-state index in [1.807, 2.05) is 6.92 Å². The lowest BCUT2D eigenvalue weighted by atomic mass is 9.91. The number of nitrogens with one attached hydrogen (secondary N) is 1. The van der Waals surface area contributed by atoms with Gasteiger partial charge in [-0.25, -0.2) is 24.8 Å². The Hall–Kier alpha value is -3.67. The highest BCUT2D eigenvalue weighted by Gasteiger charge is 2.29. The average Bonchev–Trinajstić information content (AvgIpc) is 2.86. The largest absolute Gasteiger partial charge is 0.481 e. The maximum atomic E-state index is 14.3. The van der Waals surface area contributed by atoms with Crippen molar-refractivity contribution in [2.45, 2.75) is 32.9 Å². The second kappa shape index (κ2) is 11.8. The number of hydroxylamine groups is 1. The van der Waals surface area contributed by atoms with E-state index in [1.165, 1.54) is 26.4 Å². The number of halogens is 1. The molecule has 0 radical (unpaired) electrons. The van der Waals surface area contributed by atoms with Gasteiger partial charge in [-0.3, -0.25) is 9.83 Å². The van der Waals surface area contributed by atoms with Gasteiger partial charge in [0, 0.05) is 25.2 Å². The zero-order valence-electron chi connectivity index (χ0n) is 19.7. The number of aliphatic imine (C=N–C) groups is 1. The number of amidine groups is 1. The van der Waals surface area contributed by atoms with Gasteiger partial charge in [0.2, 0.25) is 11.8 Å². The van der Waals surface area contributed by atoms with Crippen LogP contribution in [0.3, 0.4) is 0 Å². The number of hydrogen-bond donors (Lipinski definition) is 3. The number of nitrogens with zero attached hydrogens (tertiary/aromatic N) is 4. The predicted octanol–water partition coefficient (Wildman–Crippen LogP) is 2.79. The standard InChI is InChI=1S/C24H27FN6O4.CH4/c1-13-22-20(30-24(26)27-13)10-19(29-23(22)31-35-12-15(11-32)33-2)16-8-7-14(25)9-17(16)18-5-4-6-21(28-18)34-3;/h4-9,15,19,32H,10-12H2,1-3H3,(H,29,31)(H2,26,27,30);1H4/t15?,19-;/m1./s1. The molecule has 4 N–H and O–H groups in total. The number of nitrogens with two attached hydrogens (primary N) is 1. The molecule has 2 atom stereocenters. The van der Waals surface area contributed by atoms with Crippen LogP contribution in [0.4, 0.5) is 10.3 Å². The number of pyridine rings is 1. The van der Waals surface area contributed by atoms with Crippen LogP contribution in [-0.4, -0.2) is 59.4 Å². The molecule has 1 unspecified atom stereocenters. The van der Waals surface area contributed by atoms with Gasteiger partial charge in [-0.05, 0) is 30.7 Å². The molecule has 0 bridgehead atoms. The molecule has 0 amide bonds. The van der Waals surface area contributed by atoms with Crippen molar-refractivity contribution in [2.75, 3.05) is 33.2 Å². The summed E-state index contributed by atoms with van der Waals surface area (Å²) < 4.78 is 24.7. The molecule has 0 fully saturated rings. The minimum absolute atomic E-state index is 0. The first-order valence-corrected chi connectivity index (χ1v) is 11.0. The molecule has 0 aliphatic carbocycles. The topological polar surface area (TPSA) is 137 Å². The third-order valence-corrected chi connectivity index (χ3v) is 5.65. The summed E-state index contributed by atoms with van der Waals surface area (Å²) >= 11 is 0.